The molecular formula is C12H20INO3. The van der Waals surface area contributed by atoms with E-state index in [9.17, 15) is 9.59 Å². The molecule has 0 rings (SSSR count). The molecule has 0 fully saturated rings. The predicted octanol–water partition coefficient (Wildman–Crippen LogP) is 3.20. The fourth-order valence-corrected chi connectivity index (χ4v) is 1.31. The van der Waals surface area contributed by atoms with Crippen LogP contribution in [0.5, 0.6) is 0 Å². The molecule has 0 bridgehead atoms. The molecule has 0 aliphatic carbocycles. The number of amides is 1. The van der Waals surface area contributed by atoms with Crippen molar-refractivity contribution in [2.45, 2.75) is 52.7 Å². The Balaban J connectivity index is 4.41. The lowest BCUT2D eigenvalue weighted by Crippen LogP contribution is -2.42. The maximum atomic E-state index is 11.5. The molecule has 0 unspecified atom stereocenters. The lowest BCUT2D eigenvalue weighted by molar-refractivity contribution is -0.118. The van der Waals surface area contributed by atoms with Gasteiger partial charge in [-0.2, -0.15) is 0 Å². The SMILES string of the molecule is CC(=O)[C@H](C/C=C(/C)I)NC(=O)OC(C)(C)C. The van der Waals surface area contributed by atoms with Gasteiger partial charge < -0.3 is 10.1 Å². The quantitative estimate of drug-likeness (QED) is 0.790. The smallest absolute Gasteiger partial charge is 0.408 e. The largest absolute Gasteiger partial charge is 0.444 e. The summed E-state index contributed by atoms with van der Waals surface area (Å²) in [5.74, 6) is -0.0789. The first-order valence-corrected chi connectivity index (χ1v) is 6.52. The number of carbonyl (C=O) groups excluding carboxylic acids is 2. The van der Waals surface area contributed by atoms with E-state index in [2.05, 4.69) is 27.9 Å². The second-order valence-electron chi connectivity index (χ2n) is 4.84. The molecule has 0 aliphatic heterocycles. The molecule has 1 N–H and O–H groups in total. The number of hydrogen-bond donors (Lipinski definition) is 1. The van der Waals surface area contributed by atoms with Crippen molar-refractivity contribution in [2.24, 2.45) is 0 Å². The molecule has 1 amide bonds. The van der Waals surface area contributed by atoms with Crippen LogP contribution in [0.25, 0.3) is 0 Å². The molecule has 4 nitrogen and oxygen atoms in total. The van der Waals surface area contributed by atoms with Gasteiger partial charge in [0.05, 0.1) is 6.04 Å². The third-order valence-corrected chi connectivity index (χ3v) is 2.26. The Morgan fingerprint density at radius 2 is 1.88 bits per heavy atom. The van der Waals surface area contributed by atoms with Gasteiger partial charge in [0.1, 0.15) is 5.60 Å². The molecule has 98 valence electrons. The highest BCUT2D eigenvalue weighted by molar-refractivity contribution is 14.1. The zero-order valence-corrected chi connectivity index (χ0v) is 13.1. The van der Waals surface area contributed by atoms with Crippen LogP contribution in [0.3, 0.4) is 0 Å². The molecule has 1 atom stereocenters. The van der Waals surface area contributed by atoms with Gasteiger partial charge in [-0.25, -0.2) is 4.79 Å². The fourth-order valence-electron chi connectivity index (χ4n) is 1.06. The van der Waals surface area contributed by atoms with E-state index < -0.39 is 17.7 Å². The highest BCUT2D eigenvalue weighted by atomic mass is 127. The van der Waals surface area contributed by atoms with Crippen LogP contribution in [0, 0.1) is 0 Å². The monoisotopic (exact) mass is 353 g/mol. The van der Waals surface area contributed by atoms with E-state index in [-0.39, 0.29) is 5.78 Å². The van der Waals surface area contributed by atoms with Gasteiger partial charge in [0.2, 0.25) is 0 Å². The normalized spacial score (nSPS) is 14.1. The third kappa shape index (κ3) is 9.14. The standard InChI is InChI=1S/C12H20INO3/c1-8(13)6-7-10(9(2)15)14-11(16)17-12(3,4)5/h6,10H,7H2,1-5H3,(H,14,16)/b8-6-/t10-/m0/s1. The first-order valence-electron chi connectivity index (χ1n) is 5.44. The van der Waals surface area contributed by atoms with Crippen molar-refractivity contribution in [2.75, 3.05) is 0 Å². The van der Waals surface area contributed by atoms with Crippen molar-refractivity contribution in [1.29, 1.82) is 0 Å². The molecule has 0 spiro atoms. The minimum atomic E-state index is -0.558. The molecule has 0 aliphatic rings. The third-order valence-electron chi connectivity index (χ3n) is 1.82. The number of halogens is 1. The van der Waals surface area contributed by atoms with Crippen LogP contribution >= 0.6 is 22.6 Å². The summed E-state index contributed by atoms with van der Waals surface area (Å²) < 4.78 is 6.18. The van der Waals surface area contributed by atoms with Crippen molar-refractivity contribution in [3.05, 3.63) is 9.66 Å². The summed E-state index contributed by atoms with van der Waals surface area (Å²) in [5.41, 5.74) is -0.555. The first-order chi connectivity index (χ1) is 7.61. The van der Waals surface area contributed by atoms with E-state index in [4.69, 9.17) is 4.74 Å². The number of alkyl carbamates (subject to hydrolysis) is 1. The van der Waals surface area contributed by atoms with Crippen molar-refractivity contribution < 1.29 is 14.3 Å². The van der Waals surface area contributed by atoms with E-state index in [0.29, 0.717) is 6.42 Å². The molecule has 0 radical (unpaired) electrons. The topological polar surface area (TPSA) is 55.4 Å². The minimum Gasteiger partial charge on any atom is -0.444 e. The molecule has 0 aromatic carbocycles. The van der Waals surface area contributed by atoms with Gasteiger partial charge in [0, 0.05) is 0 Å². The number of ether oxygens (including phenoxy) is 1. The number of ketones is 1. The lowest BCUT2D eigenvalue weighted by atomic mass is 10.1. The predicted molar refractivity (Wildman–Crippen MR) is 76.2 cm³/mol. The van der Waals surface area contributed by atoms with Gasteiger partial charge in [-0.3, -0.25) is 4.79 Å². The second-order valence-corrected chi connectivity index (χ2v) is 6.54. The van der Waals surface area contributed by atoms with Crippen molar-refractivity contribution in [3.8, 4) is 0 Å². The van der Waals surface area contributed by atoms with Crippen LogP contribution in [0.1, 0.15) is 41.0 Å². The number of hydrogen-bond acceptors (Lipinski definition) is 3. The summed E-state index contributed by atoms with van der Waals surface area (Å²) in [5, 5.41) is 2.57. The van der Waals surface area contributed by atoms with Crippen LogP contribution in [-0.4, -0.2) is 23.5 Å². The number of Topliss-reactive ketones (excluding diaryl/α,β-unsaturated/α-hetero) is 1. The fraction of sp³-hybridized carbons (Fsp3) is 0.667. The van der Waals surface area contributed by atoms with Crippen LogP contribution in [0.15, 0.2) is 9.66 Å². The van der Waals surface area contributed by atoms with Gasteiger partial charge in [-0.05, 0) is 67.2 Å². The van der Waals surface area contributed by atoms with E-state index in [1.54, 1.807) is 20.8 Å². The summed E-state index contributed by atoms with van der Waals surface area (Å²) in [6.07, 6.45) is 1.84. The average molecular weight is 353 g/mol. The summed E-state index contributed by atoms with van der Waals surface area (Å²) in [6.45, 7) is 8.74. The van der Waals surface area contributed by atoms with E-state index >= 15 is 0 Å². The molecule has 0 saturated carbocycles. The maximum Gasteiger partial charge on any atom is 0.408 e. The van der Waals surface area contributed by atoms with Crippen LogP contribution in [0.4, 0.5) is 4.79 Å². The second kappa shape index (κ2) is 6.98. The highest BCUT2D eigenvalue weighted by Gasteiger charge is 2.21. The molecule has 0 aromatic heterocycles. The summed E-state index contributed by atoms with van der Waals surface area (Å²) in [7, 11) is 0. The molecule has 17 heavy (non-hydrogen) atoms. The zero-order chi connectivity index (χ0) is 13.6. The Kier molecular flexibility index (Phi) is 6.74. The van der Waals surface area contributed by atoms with Crippen LogP contribution in [0.2, 0.25) is 0 Å². The van der Waals surface area contributed by atoms with E-state index in [1.165, 1.54) is 6.92 Å². The average Bonchev–Trinajstić information content (AvgIpc) is 2.08. The molecule has 0 saturated heterocycles. The van der Waals surface area contributed by atoms with Crippen molar-refractivity contribution in [3.63, 3.8) is 0 Å². The van der Waals surface area contributed by atoms with Crippen molar-refractivity contribution in [1.82, 2.24) is 5.32 Å². The number of nitrogens with one attached hydrogen (secondary N) is 1. The molecule has 5 heteroatoms. The Morgan fingerprint density at radius 3 is 2.24 bits per heavy atom. The number of allylic oxidation sites excluding steroid dienone is 1. The van der Waals surface area contributed by atoms with Gasteiger partial charge in [-0.15, -0.1) is 0 Å². The lowest BCUT2D eigenvalue weighted by Gasteiger charge is -2.22. The maximum absolute atomic E-state index is 11.5. The van der Waals surface area contributed by atoms with Crippen molar-refractivity contribution >= 4 is 34.5 Å². The zero-order valence-electron chi connectivity index (χ0n) is 11.0. The van der Waals surface area contributed by atoms with Gasteiger partial charge in [0.25, 0.3) is 0 Å². The number of carbonyl (C=O) groups is 2. The Bertz CT molecular complexity index is 314. The Labute approximate surface area is 116 Å². The summed E-state index contributed by atoms with van der Waals surface area (Å²) >= 11 is 2.16. The highest BCUT2D eigenvalue weighted by Crippen LogP contribution is 2.09. The summed E-state index contributed by atoms with van der Waals surface area (Å²) in [4.78, 5) is 22.9. The van der Waals surface area contributed by atoms with Gasteiger partial charge in [0.15, 0.2) is 5.78 Å². The summed E-state index contributed by atoms with van der Waals surface area (Å²) in [6, 6.07) is -0.519. The van der Waals surface area contributed by atoms with Gasteiger partial charge >= 0.3 is 6.09 Å². The Hall–Kier alpha value is -0.590. The van der Waals surface area contributed by atoms with E-state index in [0.717, 1.165) is 3.58 Å². The molecule has 0 aromatic rings. The van der Waals surface area contributed by atoms with Crippen LogP contribution in [-0.2, 0) is 9.53 Å². The molecular weight excluding hydrogens is 333 g/mol. The minimum absolute atomic E-state index is 0.0789. The number of rotatable bonds is 4. The van der Waals surface area contributed by atoms with Gasteiger partial charge in [-0.1, -0.05) is 6.08 Å². The first kappa shape index (κ1) is 16.4. The molecule has 0 heterocycles. The van der Waals surface area contributed by atoms with E-state index in [1.807, 2.05) is 13.0 Å². The Morgan fingerprint density at radius 1 is 1.35 bits per heavy atom. The van der Waals surface area contributed by atoms with Crippen LogP contribution < -0.4 is 5.32 Å².